The van der Waals surface area contributed by atoms with Crippen molar-refractivity contribution in [2.75, 3.05) is 26.4 Å². The van der Waals surface area contributed by atoms with Crippen molar-refractivity contribution in [2.24, 2.45) is 0 Å². The number of aromatic nitrogens is 8. The summed E-state index contributed by atoms with van der Waals surface area (Å²) >= 11 is 0. The molecule has 0 saturated carbocycles. The molecule has 0 saturated heterocycles. The molecule has 0 amide bonds. The minimum Gasteiger partial charge on any atom is -0.494 e. The number of nitrogens with zero attached hydrogens (tertiary/aromatic N) is 6. The van der Waals surface area contributed by atoms with E-state index < -0.39 is 0 Å². The molecule has 2 aliphatic heterocycles. The quantitative estimate of drug-likeness (QED) is 0.0353. The number of hydrogen-bond acceptors (Lipinski definition) is 10. The second-order valence-electron chi connectivity index (χ2n) is 32.2. The largest absolute Gasteiger partial charge is 0.494 e. The first-order valence-electron chi connectivity index (χ1n) is 45.4. The molecule has 2 aliphatic rings. The van der Waals surface area contributed by atoms with E-state index in [4.69, 9.17) is 48.9 Å². The van der Waals surface area contributed by atoms with Gasteiger partial charge in [-0.25, -0.2) is 29.9 Å². The molecule has 108 heavy (non-hydrogen) atoms. The molecule has 5 heterocycles. The van der Waals surface area contributed by atoms with Gasteiger partial charge in [0.1, 0.15) is 45.6 Å². The van der Waals surface area contributed by atoms with Gasteiger partial charge in [-0.1, -0.05) is 362 Å². The van der Waals surface area contributed by atoms with Gasteiger partial charge in [-0.2, -0.15) is 0 Å². The molecular formula is C96H146N8O4. The monoisotopic (exact) mass is 1480 g/mol. The highest BCUT2D eigenvalue weighted by atomic mass is 16.5. The summed E-state index contributed by atoms with van der Waals surface area (Å²) in [6.45, 7) is 11.8. The third kappa shape index (κ3) is 30.6. The first-order chi connectivity index (χ1) is 53.5. The Balaban J connectivity index is 0.954. The SMILES string of the molecule is CCCCCCCCCCCCCCCCOc1ccc2c(c1)-c1nc-2nc2[nH]c(nc3nc(nc4[nH]c(n1)c1ccc(OCCCCCCCCCCCCCCCC)cc41)-c1cc(OCCCCCCCCCCCCCCCC)ccc1-3)c1cc(OCCCCCCCCCCCCCCCC)ccc21. The fourth-order valence-corrected chi connectivity index (χ4v) is 16.0. The molecule has 8 bridgehead atoms. The van der Waals surface area contributed by atoms with Gasteiger partial charge in [0.15, 0.2) is 23.3 Å². The summed E-state index contributed by atoms with van der Waals surface area (Å²) in [6, 6.07) is 25.2. The minimum absolute atomic E-state index is 0.541. The van der Waals surface area contributed by atoms with Crippen LogP contribution in [0.3, 0.4) is 0 Å². The Morgan fingerprint density at radius 3 is 0.630 bits per heavy atom. The van der Waals surface area contributed by atoms with Crippen LogP contribution in [0.4, 0.5) is 0 Å². The molecule has 0 fully saturated rings. The van der Waals surface area contributed by atoms with Gasteiger partial charge in [-0.15, -0.1) is 0 Å². The molecule has 9 rings (SSSR count). The van der Waals surface area contributed by atoms with E-state index >= 15 is 0 Å². The lowest BCUT2D eigenvalue weighted by Crippen LogP contribution is -1.98. The zero-order chi connectivity index (χ0) is 74.9. The van der Waals surface area contributed by atoms with Crippen molar-refractivity contribution >= 4 is 44.1 Å². The van der Waals surface area contributed by atoms with Crippen LogP contribution in [0.15, 0.2) is 72.8 Å². The lowest BCUT2D eigenvalue weighted by Gasteiger charge is -2.08. The molecule has 2 N–H and O–H groups in total. The Hall–Kier alpha value is -6.56. The number of unbranched alkanes of at least 4 members (excludes halogenated alkanes) is 52. The van der Waals surface area contributed by atoms with Gasteiger partial charge in [0, 0.05) is 43.8 Å². The predicted molar refractivity (Wildman–Crippen MR) is 459 cm³/mol. The molecule has 0 atom stereocenters. The number of H-pyrrole nitrogens is 2. The fraction of sp³-hybridized carbons (Fsp3) is 0.667. The lowest BCUT2D eigenvalue weighted by molar-refractivity contribution is 0.304. The topological polar surface area (TPSA) is 146 Å². The van der Waals surface area contributed by atoms with Crippen molar-refractivity contribution < 1.29 is 18.9 Å². The van der Waals surface area contributed by atoms with Crippen LogP contribution in [0.25, 0.3) is 89.7 Å². The van der Waals surface area contributed by atoms with Gasteiger partial charge in [0.25, 0.3) is 0 Å². The van der Waals surface area contributed by atoms with E-state index in [1.807, 2.05) is 0 Å². The van der Waals surface area contributed by atoms with E-state index in [0.29, 0.717) is 72.3 Å². The third-order valence-corrected chi connectivity index (χ3v) is 22.8. The molecule has 12 heteroatoms. The van der Waals surface area contributed by atoms with E-state index in [-0.39, 0.29) is 0 Å². The van der Waals surface area contributed by atoms with Crippen LogP contribution in [-0.2, 0) is 0 Å². The van der Waals surface area contributed by atoms with Crippen molar-refractivity contribution in [3.8, 4) is 68.5 Å². The van der Waals surface area contributed by atoms with Gasteiger partial charge in [-0.05, 0) is 98.5 Å². The average molecular weight is 1480 g/mol. The van der Waals surface area contributed by atoms with Crippen molar-refractivity contribution in [1.29, 1.82) is 0 Å². The highest BCUT2D eigenvalue weighted by Gasteiger charge is 2.25. The Labute approximate surface area is 654 Å². The van der Waals surface area contributed by atoms with Crippen LogP contribution in [-0.4, -0.2) is 66.3 Å². The molecule has 12 nitrogen and oxygen atoms in total. The highest BCUT2D eigenvalue weighted by molar-refractivity contribution is 6.07. The van der Waals surface area contributed by atoms with Crippen LogP contribution in [0, 0.1) is 0 Å². The maximum Gasteiger partial charge on any atom is 0.164 e. The molecule has 3 aromatic heterocycles. The minimum atomic E-state index is 0.541. The number of ether oxygens (including phenoxy) is 4. The van der Waals surface area contributed by atoms with Gasteiger partial charge >= 0.3 is 0 Å². The third-order valence-electron chi connectivity index (χ3n) is 22.8. The van der Waals surface area contributed by atoms with Crippen molar-refractivity contribution in [2.45, 2.75) is 387 Å². The summed E-state index contributed by atoms with van der Waals surface area (Å²) in [4.78, 5) is 40.0. The fourth-order valence-electron chi connectivity index (χ4n) is 16.0. The van der Waals surface area contributed by atoms with Gasteiger partial charge in [-0.3, -0.25) is 0 Å². The molecule has 7 aromatic rings. The van der Waals surface area contributed by atoms with Crippen molar-refractivity contribution in [3.05, 3.63) is 72.8 Å². The molecule has 0 radical (unpaired) electrons. The molecule has 0 spiro atoms. The summed E-state index contributed by atoms with van der Waals surface area (Å²) in [6.07, 6.45) is 74.0. The zero-order valence-corrected chi connectivity index (χ0v) is 68.7. The summed E-state index contributed by atoms with van der Waals surface area (Å²) in [5.41, 5.74) is 6.02. The lowest BCUT2D eigenvalue weighted by atomic mass is 10.0. The molecule has 0 aliphatic carbocycles. The smallest absolute Gasteiger partial charge is 0.164 e. The second-order valence-corrected chi connectivity index (χ2v) is 32.2. The summed E-state index contributed by atoms with van der Waals surface area (Å²) < 4.78 is 26.4. The Morgan fingerprint density at radius 2 is 0.389 bits per heavy atom. The number of nitrogens with one attached hydrogen (secondary N) is 2. The maximum absolute atomic E-state index is 6.61. The average Bonchev–Trinajstić information content (AvgIpc) is 1.60. The molecule has 594 valence electrons. The number of benzene rings is 4. The maximum atomic E-state index is 6.61. The van der Waals surface area contributed by atoms with Crippen LogP contribution in [0.2, 0.25) is 0 Å². The number of aromatic amines is 2. The predicted octanol–water partition coefficient (Wildman–Crippen LogP) is 30.3. The Kier molecular flexibility index (Phi) is 41.6. The summed E-state index contributed by atoms with van der Waals surface area (Å²) in [5.74, 6) is 5.40. The molecular weight excluding hydrogens is 1330 g/mol. The molecule has 0 unspecified atom stereocenters. The van der Waals surface area contributed by atoms with Crippen molar-refractivity contribution in [3.63, 3.8) is 0 Å². The number of rotatable bonds is 64. The second kappa shape index (κ2) is 52.6. The van der Waals surface area contributed by atoms with E-state index in [2.05, 4.69) is 110 Å². The van der Waals surface area contributed by atoms with Crippen molar-refractivity contribution in [1.82, 2.24) is 39.9 Å². The van der Waals surface area contributed by atoms with Gasteiger partial charge in [0.2, 0.25) is 0 Å². The summed E-state index contributed by atoms with van der Waals surface area (Å²) in [5, 5.41) is 3.59. The van der Waals surface area contributed by atoms with Crippen LogP contribution >= 0.6 is 0 Å². The van der Waals surface area contributed by atoms with E-state index in [9.17, 15) is 0 Å². The Morgan fingerprint density at radius 1 is 0.194 bits per heavy atom. The number of hydrogen-bond donors (Lipinski definition) is 2. The van der Waals surface area contributed by atoms with E-state index in [1.54, 1.807) is 0 Å². The molecule has 4 aromatic carbocycles. The number of fused-ring (bicyclic) bond motifs is 20. The van der Waals surface area contributed by atoms with Gasteiger partial charge in [0.05, 0.1) is 26.4 Å². The first-order valence-corrected chi connectivity index (χ1v) is 45.4. The summed E-state index contributed by atoms with van der Waals surface area (Å²) in [7, 11) is 0. The Bertz CT molecular complexity index is 3760. The first kappa shape index (κ1) is 85.4. The van der Waals surface area contributed by atoms with Crippen LogP contribution in [0.5, 0.6) is 23.0 Å². The van der Waals surface area contributed by atoms with Crippen LogP contribution in [0.1, 0.15) is 387 Å². The van der Waals surface area contributed by atoms with Gasteiger partial charge < -0.3 is 28.9 Å². The standard InChI is InChI=1S/C96H146N8O4/c1-5-9-13-17-21-25-29-33-37-41-45-49-53-57-69-105-77-61-65-81-85(73-77)93-98-89(81)97-90-82-66-62-78(106-70-58-54-50-46-42-38-34-30-26-22-18-14-10-6-2)74-86(82)94(99-90)101-92-84-68-64-80(108-72-60-56-52-48-44-40-36-32-28-24-20-16-12-8-4)76-88(84)96(103-92)104-95-87-75-79(63-67-83(87)91(100-93)102-95)107-71-59-55-51-47-43-39-35-31-27-23-19-15-11-7-3/h61-68,73-76H,5-60,69-72H2,1-4H3,(H2,97,98,99,100,101,102,103,104). The zero-order valence-electron chi connectivity index (χ0n) is 68.7. The van der Waals surface area contributed by atoms with E-state index in [0.717, 1.165) is 112 Å². The normalized spacial score (nSPS) is 11.9. The van der Waals surface area contributed by atoms with Crippen LogP contribution < -0.4 is 18.9 Å². The highest BCUT2D eigenvalue weighted by Crippen LogP contribution is 2.41. The van der Waals surface area contributed by atoms with E-state index in [1.165, 1.54) is 315 Å².